The van der Waals surface area contributed by atoms with E-state index in [1.165, 1.54) is 0 Å². The van der Waals surface area contributed by atoms with Crippen LogP contribution >= 0.6 is 0 Å². The lowest BCUT2D eigenvalue weighted by Crippen LogP contribution is -2.39. The average molecular weight is 275 g/mol. The van der Waals surface area contributed by atoms with Crippen molar-refractivity contribution >= 4 is 17.5 Å². The molecule has 1 aliphatic heterocycles. The molecule has 0 saturated carbocycles. The SMILES string of the molecule is CC(C)CNNC(=O)c1cccc(N2CCCC2=O)c1. The summed E-state index contributed by atoms with van der Waals surface area (Å²) in [5.41, 5.74) is 6.92. The number of amides is 2. The van der Waals surface area contributed by atoms with Gasteiger partial charge in [-0.25, -0.2) is 5.43 Å². The fraction of sp³-hybridized carbons (Fsp3) is 0.467. The normalized spacial score (nSPS) is 14.9. The van der Waals surface area contributed by atoms with Gasteiger partial charge in [0.25, 0.3) is 5.91 Å². The Hall–Kier alpha value is -1.88. The Morgan fingerprint density at radius 1 is 1.40 bits per heavy atom. The molecule has 1 aromatic rings. The predicted molar refractivity (Wildman–Crippen MR) is 78.3 cm³/mol. The summed E-state index contributed by atoms with van der Waals surface area (Å²) in [5, 5.41) is 0. The molecule has 5 nitrogen and oxygen atoms in total. The Labute approximate surface area is 119 Å². The van der Waals surface area contributed by atoms with Crippen molar-refractivity contribution in [2.24, 2.45) is 5.92 Å². The zero-order valence-electron chi connectivity index (χ0n) is 12.0. The maximum absolute atomic E-state index is 12.0. The molecule has 20 heavy (non-hydrogen) atoms. The number of carbonyl (C=O) groups is 2. The van der Waals surface area contributed by atoms with Crippen LogP contribution in [0.4, 0.5) is 5.69 Å². The van der Waals surface area contributed by atoms with E-state index in [0.717, 1.165) is 25.2 Å². The lowest BCUT2D eigenvalue weighted by Gasteiger charge is -2.16. The van der Waals surface area contributed by atoms with Crippen LogP contribution in [-0.4, -0.2) is 24.9 Å². The van der Waals surface area contributed by atoms with Crippen molar-refractivity contribution in [3.63, 3.8) is 0 Å². The van der Waals surface area contributed by atoms with E-state index in [4.69, 9.17) is 0 Å². The quantitative estimate of drug-likeness (QED) is 0.804. The summed E-state index contributed by atoms with van der Waals surface area (Å²) in [5.74, 6) is 0.406. The summed E-state index contributed by atoms with van der Waals surface area (Å²) in [6.45, 7) is 5.59. The second-order valence-electron chi connectivity index (χ2n) is 5.43. The molecule has 2 N–H and O–H groups in total. The van der Waals surface area contributed by atoms with Crippen molar-refractivity contribution in [1.82, 2.24) is 10.9 Å². The Morgan fingerprint density at radius 2 is 2.20 bits per heavy atom. The largest absolute Gasteiger partial charge is 0.312 e. The molecule has 2 rings (SSSR count). The molecular weight excluding hydrogens is 254 g/mol. The number of benzene rings is 1. The molecule has 1 saturated heterocycles. The van der Waals surface area contributed by atoms with Gasteiger partial charge < -0.3 is 4.90 Å². The monoisotopic (exact) mass is 275 g/mol. The van der Waals surface area contributed by atoms with Gasteiger partial charge in [0, 0.05) is 30.8 Å². The first-order valence-electron chi connectivity index (χ1n) is 7.01. The summed E-state index contributed by atoms with van der Waals surface area (Å²) in [6, 6.07) is 7.17. The molecule has 0 aliphatic carbocycles. The molecule has 0 radical (unpaired) electrons. The Morgan fingerprint density at radius 3 is 2.85 bits per heavy atom. The smallest absolute Gasteiger partial charge is 0.265 e. The average Bonchev–Trinajstić information content (AvgIpc) is 2.84. The number of rotatable bonds is 5. The first-order chi connectivity index (χ1) is 9.58. The van der Waals surface area contributed by atoms with Gasteiger partial charge in [-0.3, -0.25) is 15.0 Å². The van der Waals surface area contributed by atoms with Crippen LogP contribution < -0.4 is 15.8 Å². The Kier molecular flexibility index (Phi) is 4.74. The molecule has 1 fully saturated rings. The molecule has 0 bridgehead atoms. The van der Waals surface area contributed by atoms with Gasteiger partial charge in [-0.2, -0.15) is 0 Å². The third-order valence-electron chi connectivity index (χ3n) is 3.21. The van der Waals surface area contributed by atoms with Crippen LogP contribution in [0.1, 0.15) is 37.0 Å². The molecule has 0 unspecified atom stereocenters. The molecular formula is C15H21N3O2. The van der Waals surface area contributed by atoms with Crippen LogP contribution in [0.3, 0.4) is 0 Å². The van der Waals surface area contributed by atoms with E-state index in [1.807, 2.05) is 6.07 Å². The number of hydrogen-bond donors (Lipinski definition) is 2. The van der Waals surface area contributed by atoms with Gasteiger partial charge in [0.05, 0.1) is 0 Å². The van der Waals surface area contributed by atoms with E-state index >= 15 is 0 Å². The topological polar surface area (TPSA) is 61.4 Å². The molecule has 108 valence electrons. The third kappa shape index (κ3) is 3.57. The van der Waals surface area contributed by atoms with E-state index in [-0.39, 0.29) is 11.8 Å². The van der Waals surface area contributed by atoms with E-state index in [9.17, 15) is 9.59 Å². The summed E-state index contributed by atoms with van der Waals surface area (Å²) in [4.78, 5) is 25.4. The molecule has 1 heterocycles. The van der Waals surface area contributed by atoms with E-state index in [0.29, 0.717) is 17.9 Å². The molecule has 0 atom stereocenters. The predicted octanol–water partition coefficient (Wildman–Crippen LogP) is 1.70. The number of hydrazine groups is 1. The molecule has 0 aromatic heterocycles. The minimum Gasteiger partial charge on any atom is -0.312 e. The van der Waals surface area contributed by atoms with Gasteiger partial charge in [-0.1, -0.05) is 19.9 Å². The molecule has 1 aromatic carbocycles. The lowest BCUT2D eigenvalue weighted by molar-refractivity contribution is -0.117. The van der Waals surface area contributed by atoms with Crippen molar-refractivity contribution in [1.29, 1.82) is 0 Å². The first-order valence-corrected chi connectivity index (χ1v) is 7.01. The summed E-state index contributed by atoms with van der Waals surface area (Å²) < 4.78 is 0. The highest BCUT2D eigenvalue weighted by Gasteiger charge is 2.22. The van der Waals surface area contributed by atoms with Crippen LogP contribution in [0.15, 0.2) is 24.3 Å². The van der Waals surface area contributed by atoms with Gasteiger partial charge in [-0.05, 0) is 30.5 Å². The van der Waals surface area contributed by atoms with Crippen LogP contribution in [0, 0.1) is 5.92 Å². The maximum Gasteiger partial charge on any atom is 0.265 e. The zero-order valence-corrected chi connectivity index (χ0v) is 12.0. The van der Waals surface area contributed by atoms with Crippen molar-refractivity contribution < 1.29 is 9.59 Å². The van der Waals surface area contributed by atoms with Crippen LogP contribution in [-0.2, 0) is 4.79 Å². The van der Waals surface area contributed by atoms with E-state index < -0.39 is 0 Å². The first kappa shape index (κ1) is 14.5. The van der Waals surface area contributed by atoms with E-state index in [1.54, 1.807) is 23.1 Å². The minimum absolute atomic E-state index is 0.125. The molecule has 1 aliphatic rings. The minimum atomic E-state index is -0.181. The highest BCUT2D eigenvalue weighted by atomic mass is 16.2. The summed E-state index contributed by atoms with van der Waals surface area (Å²) in [7, 11) is 0. The third-order valence-corrected chi connectivity index (χ3v) is 3.21. The Bertz CT molecular complexity index is 500. The standard InChI is InChI=1S/C15H21N3O2/c1-11(2)10-16-17-15(20)12-5-3-6-13(9-12)18-8-4-7-14(18)19/h3,5-6,9,11,16H,4,7-8,10H2,1-2H3,(H,17,20). The van der Waals surface area contributed by atoms with Gasteiger partial charge in [0.1, 0.15) is 0 Å². The number of nitrogens with zero attached hydrogens (tertiary/aromatic N) is 1. The number of hydrogen-bond acceptors (Lipinski definition) is 3. The van der Waals surface area contributed by atoms with Crippen LogP contribution in [0.2, 0.25) is 0 Å². The number of anilines is 1. The van der Waals surface area contributed by atoms with Crippen molar-refractivity contribution in [2.45, 2.75) is 26.7 Å². The Balaban J connectivity index is 2.02. The summed E-state index contributed by atoms with van der Waals surface area (Å²) in [6.07, 6.45) is 1.47. The van der Waals surface area contributed by atoms with Gasteiger partial charge >= 0.3 is 0 Å². The second kappa shape index (κ2) is 6.52. The van der Waals surface area contributed by atoms with Crippen molar-refractivity contribution in [3.8, 4) is 0 Å². The summed E-state index contributed by atoms with van der Waals surface area (Å²) >= 11 is 0. The van der Waals surface area contributed by atoms with Crippen molar-refractivity contribution in [3.05, 3.63) is 29.8 Å². The molecule has 2 amide bonds. The fourth-order valence-corrected chi connectivity index (χ4v) is 2.14. The van der Waals surface area contributed by atoms with Crippen LogP contribution in [0.5, 0.6) is 0 Å². The fourth-order valence-electron chi connectivity index (χ4n) is 2.14. The maximum atomic E-state index is 12.0. The van der Waals surface area contributed by atoms with Crippen molar-refractivity contribution in [2.75, 3.05) is 18.0 Å². The zero-order chi connectivity index (χ0) is 14.5. The van der Waals surface area contributed by atoms with Gasteiger partial charge in [0.15, 0.2) is 0 Å². The highest BCUT2D eigenvalue weighted by Crippen LogP contribution is 2.22. The second-order valence-corrected chi connectivity index (χ2v) is 5.43. The van der Waals surface area contributed by atoms with Gasteiger partial charge in [0.2, 0.25) is 5.91 Å². The highest BCUT2D eigenvalue weighted by molar-refractivity contribution is 5.98. The van der Waals surface area contributed by atoms with E-state index in [2.05, 4.69) is 24.7 Å². The number of carbonyl (C=O) groups excluding carboxylic acids is 2. The molecule has 0 spiro atoms. The van der Waals surface area contributed by atoms with Crippen LogP contribution in [0.25, 0.3) is 0 Å². The number of nitrogens with one attached hydrogen (secondary N) is 2. The molecule has 5 heteroatoms. The lowest BCUT2D eigenvalue weighted by atomic mass is 10.2. The van der Waals surface area contributed by atoms with Gasteiger partial charge in [-0.15, -0.1) is 0 Å².